The third-order valence-corrected chi connectivity index (χ3v) is 4.05. The fourth-order valence-electron chi connectivity index (χ4n) is 2.62. The minimum absolute atomic E-state index is 0.121. The van der Waals surface area contributed by atoms with E-state index in [0.717, 1.165) is 16.9 Å². The number of hydrogen-bond acceptors (Lipinski definition) is 3. The number of pyridine rings is 1. The number of carbonyl (C=O) groups excluding carboxylic acids is 1. The molecule has 1 heterocycles. The minimum atomic E-state index is -0.341. The molecule has 1 amide bonds. The maximum Gasteiger partial charge on any atom is 0.270 e. The van der Waals surface area contributed by atoms with Crippen molar-refractivity contribution in [1.82, 2.24) is 10.3 Å². The lowest BCUT2D eigenvalue weighted by Crippen LogP contribution is -2.24. The number of nitrogens with zero attached hydrogens (tertiary/aromatic N) is 1. The summed E-state index contributed by atoms with van der Waals surface area (Å²) in [6.07, 6.45) is 1.61. The summed E-state index contributed by atoms with van der Waals surface area (Å²) in [4.78, 5) is 16.4. The lowest BCUT2D eigenvalue weighted by atomic mass is 10.1. The summed E-state index contributed by atoms with van der Waals surface area (Å²) >= 11 is 0. The van der Waals surface area contributed by atoms with Gasteiger partial charge in [-0.3, -0.25) is 4.79 Å². The molecule has 0 aliphatic carbocycles. The zero-order valence-electron chi connectivity index (χ0n) is 14.7. The third-order valence-electron chi connectivity index (χ3n) is 4.05. The largest absolute Gasteiger partial charge is 0.354 e. The van der Waals surface area contributed by atoms with E-state index < -0.39 is 0 Å². The normalized spacial score (nSPS) is 10.4. The summed E-state index contributed by atoms with van der Waals surface area (Å²) < 4.78 is 13.6. The number of carbonyl (C=O) groups is 1. The lowest BCUT2D eigenvalue weighted by molar-refractivity contribution is 0.0945. The van der Waals surface area contributed by atoms with Gasteiger partial charge in [-0.2, -0.15) is 0 Å². The van der Waals surface area contributed by atoms with Crippen LogP contribution in [-0.2, 0) is 6.54 Å². The molecule has 0 spiro atoms. The molecule has 4 nitrogen and oxygen atoms in total. The fourth-order valence-corrected chi connectivity index (χ4v) is 2.62. The predicted octanol–water partition coefficient (Wildman–Crippen LogP) is 4.51. The highest BCUT2D eigenvalue weighted by molar-refractivity contribution is 5.92. The molecule has 0 aliphatic heterocycles. The zero-order chi connectivity index (χ0) is 18.5. The van der Waals surface area contributed by atoms with Crippen LogP contribution in [-0.4, -0.2) is 10.9 Å². The molecule has 0 atom stereocenters. The van der Waals surface area contributed by atoms with Crippen LogP contribution in [0.5, 0.6) is 0 Å². The van der Waals surface area contributed by atoms with Gasteiger partial charge in [-0.25, -0.2) is 9.37 Å². The number of nitrogens with one attached hydrogen (secondary N) is 2. The summed E-state index contributed by atoms with van der Waals surface area (Å²) in [5.41, 5.74) is 4.85. The van der Waals surface area contributed by atoms with Crippen molar-refractivity contribution in [2.75, 3.05) is 5.32 Å². The average molecular weight is 349 g/mol. The first kappa shape index (κ1) is 17.6. The van der Waals surface area contributed by atoms with Crippen molar-refractivity contribution in [3.05, 3.63) is 89.0 Å². The zero-order valence-corrected chi connectivity index (χ0v) is 14.7. The molecular weight excluding hydrogens is 329 g/mol. The van der Waals surface area contributed by atoms with Crippen molar-refractivity contribution < 1.29 is 9.18 Å². The number of aryl methyl sites for hydroxylation is 2. The Kier molecular flexibility index (Phi) is 5.27. The van der Waals surface area contributed by atoms with E-state index in [1.807, 2.05) is 26.0 Å². The third kappa shape index (κ3) is 4.25. The number of amides is 1. The molecule has 0 saturated heterocycles. The first-order valence-electron chi connectivity index (χ1n) is 8.35. The summed E-state index contributed by atoms with van der Waals surface area (Å²) in [6.45, 7) is 4.20. The van der Waals surface area contributed by atoms with E-state index in [1.54, 1.807) is 36.5 Å². The van der Waals surface area contributed by atoms with Crippen molar-refractivity contribution in [2.45, 2.75) is 20.4 Å². The van der Waals surface area contributed by atoms with Gasteiger partial charge in [0, 0.05) is 17.8 Å². The van der Waals surface area contributed by atoms with Gasteiger partial charge in [0.05, 0.1) is 11.9 Å². The van der Waals surface area contributed by atoms with E-state index in [0.29, 0.717) is 5.56 Å². The Hall–Kier alpha value is -3.21. The number of halogens is 1. The Morgan fingerprint density at radius 3 is 2.58 bits per heavy atom. The Bertz CT molecular complexity index is 923. The van der Waals surface area contributed by atoms with Gasteiger partial charge in [0.15, 0.2) is 0 Å². The van der Waals surface area contributed by atoms with Crippen LogP contribution in [0.25, 0.3) is 0 Å². The van der Waals surface area contributed by atoms with Crippen molar-refractivity contribution >= 4 is 17.3 Å². The Balaban J connectivity index is 1.63. The molecule has 5 heteroatoms. The summed E-state index contributed by atoms with van der Waals surface area (Å²) in [6, 6.07) is 15.9. The molecule has 0 saturated carbocycles. The van der Waals surface area contributed by atoms with E-state index in [2.05, 4.69) is 21.7 Å². The maximum atomic E-state index is 13.6. The SMILES string of the molecule is Cc1ccc(Nc2ccc(C(=O)NCc3ccccc3F)nc2)c(C)c1. The van der Waals surface area contributed by atoms with Gasteiger partial charge in [0.1, 0.15) is 11.5 Å². The second-order valence-corrected chi connectivity index (χ2v) is 6.15. The monoisotopic (exact) mass is 349 g/mol. The molecule has 0 fully saturated rings. The highest BCUT2D eigenvalue weighted by atomic mass is 19.1. The first-order chi connectivity index (χ1) is 12.5. The van der Waals surface area contributed by atoms with Crippen LogP contribution in [0.1, 0.15) is 27.2 Å². The molecule has 1 aromatic heterocycles. The smallest absolute Gasteiger partial charge is 0.270 e. The van der Waals surface area contributed by atoms with Gasteiger partial charge >= 0.3 is 0 Å². The van der Waals surface area contributed by atoms with Crippen LogP contribution >= 0.6 is 0 Å². The summed E-state index contributed by atoms with van der Waals surface area (Å²) in [5.74, 6) is -0.680. The lowest BCUT2D eigenvalue weighted by Gasteiger charge is -2.11. The second kappa shape index (κ2) is 7.78. The van der Waals surface area contributed by atoms with E-state index in [-0.39, 0.29) is 24.0 Å². The summed E-state index contributed by atoms with van der Waals surface area (Å²) in [7, 11) is 0. The van der Waals surface area contributed by atoms with Gasteiger partial charge in [0.25, 0.3) is 5.91 Å². The average Bonchev–Trinajstić information content (AvgIpc) is 2.64. The van der Waals surface area contributed by atoms with Gasteiger partial charge in [0.2, 0.25) is 0 Å². The number of benzene rings is 2. The van der Waals surface area contributed by atoms with Crippen molar-refractivity contribution in [2.24, 2.45) is 0 Å². The topological polar surface area (TPSA) is 54.0 Å². The Labute approximate surface area is 152 Å². The van der Waals surface area contributed by atoms with Crippen molar-refractivity contribution in [3.63, 3.8) is 0 Å². The van der Waals surface area contributed by atoms with Gasteiger partial charge in [-0.15, -0.1) is 0 Å². The van der Waals surface area contributed by atoms with Crippen molar-refractivity contribution in [1.29, 1.82) is 0 Å². The number of aromatic nitrogens is 1. The van der Waals surface area contributed by atoms with Gasteiger partial charge in [-0.1, -0.05) is 35.9 Å². The molecule has 0 bridgehead atoms. The van der Waals surface area contributed by atoms with Crippen LogP contribution in [0, 0.1) is 19.7 Å². The van der Waals surface area contributed by atoms with E-state index in [9.17, 15) is 9.18 Å². The van der Waals surface area contributed by atoms with Crippen LogP contribution in [0.15, 0.2) is 60.8 Å². The summed E-state index contributed by atoms with van der Waals surface area (Å²) in [5, 5.41) is 5.97. The maximum absolute atomic E-state index is 13.6. The van der Waals surface area contributed by atoms with Crippen LogP contribution in [0.4, 0.5) is 15.8 Å². The molecule has 3 rings (SSSR count). The molecule has 0 unspecified atom stereocenters. The van der Waals surface area contributed by atoms with Crippen LogP contribution in [0.2, 0.25) is 0 Å². The Morgan fingerprint density at radius 1 is 1.08 bits per heavy atom. The number of anilines is 2. The van der Waals surface area contributed by atoms with Gasteiger partial charge < -0.3 is 10.6 Å². The first-order valence-corrected chi connectivity index (χ1v) is 8.35. The molecule has 2 N–H and O–H groups in total. The second-order valence-electron chi connectivity index (χ2n) is 6.15. The standard InChI is InChI=1S/C21H20FN3O/c1-14-7-9-19(15(2)11-14)25-17-8-10-20(23-13-17)21(26)24-12-16-5-3-4-6-18(16)22/h3-11,13,25H,12H2,1-2H3,(H,24,26). The van der Waals surface area contributed by atoms with E-state index in [1.165, 1.54) is 11.6 Å². The highest BCUT2D eigenvalue weighted by Crippen LogP contribution is 2.21. The van der Waals surface area contributed by atoms with Crippen LogP contribution in [0.3, 0.4) is 0 Å². The van der Waals surface area contributed by atoms with Gasteiger partial charge in [-0.05, 0) is 43.7 Å². The van der Waals surface area contributed by atoms with E-state index >= 15 is 0 Å². The molecule has 26 heavy (non-hydrogen) atoms. The number of rotatable bonds is 5. The molecule has 0 radical (unpaired) electrons. The molecule has 2 aromatic carbocycles. The fraction of sp³-hybridized carbons (Fsp3) is 0.143. The minimum Gasteiger partial charge on any atom is -0.354 e. The van der Waals surface area contributed by atoms with Crippen molar-refractivity contribution in [3.8, 4) is 0 Å². The quantitative estimate of drug-likeness (QED) is 0.712. The molecular formula is C21H20FN3O. The van der Waals surface area contributed by atoms with E-state index in [4.69, 9.17) is 0 Å². The number of hydrogen-bond donors (Lipinski definition) is 2. The molecule has 3 aromatic rings. The van der Waals surface area contributed by atoms with Crippen LogP contribution < -0.4 is 10.6 Å². The predicted molar refractivity (Wildman–Crippen MR) is 101 cm³/mol. The molecule has 132 valence electrons. The highest BCUT2D eigenvalue weighted by Gasteiger charge is 2.09. The molecule has 0 aliphatic rings. The Morgan fingerprint density at radius 2 is 1.88 bits per heavy atom.